The molecule has 7 aromatic rings. The fraction of sp³-hybridized carbons (Fsp3) is 0.100. The topological polar surface area (TPSA) is 4.93 Å². The summed E-state index contributed by atoms with van der Waals surface area (Å²) < 4.78 is 2.38. The Labute approximate surface area is 241 Å². The Balaban J connectivity index is 1.16. The normalized spacial score (nSPS) is 12.3. The standard InChI is InChI=1S/C40H31N/c1-26(2)27-11-13-28(14-12-27)30-15-17-32-23-33-18-16-31(25-38(33)37(32)24-30)29-19-21-34(22-20-29)41-39-9-5-3-7-35(39)36-8-4-6-10-40(36)41/h3-22,24-26H,23H2,1-2H3. The van der Waals surface area contributed by atoms with Crippen molar-refractivity contribution in [1.82, 2.24) is 4.57 Å². The van der Waals surface area contributed by atoms with Crippen LogP contribution in [-0.4, -0.2) is 4.57 Å². The van der Waals surface area contributed by atoms with E-state index in [1.807, 2.05) is 0 Å². The molecule has 0 unspecified atom stereocenters. The van der Waals surface area contributed by atoms with Crippen molar-refractivity contribution in [2.45, 2.75) is 26.2 Å². The smallest absolute Gasteiger partial charge is 0.0541 e. The van der Waals surface area contributed by atoms with Crippen molar-refractivity contribution in [2.75, 3.05) is 0 Å². The second-order valence-corrected chi connectivity index (χ2v) is 11.6. The maximum Gasteiger partial charge on any atom is 0.0541 e. The van der Waals surface area contributed by atoms with E-state index >= 15 is 0 Å². The van der Waals surface area contributed by atoms with E-state index in [1.165, 1.54) is 77.6 Å². The molecule has 1 aliphatic carbocycles. The van der Waals surface area contributed by atoms with E-state index in [1.54, 1.807) is 0 Å². The maximum absolute atomic E-state index is 2.39. The number of nitrogens with zero attached hydrogens (tertiary/aromatic N) is 1. The van der Waals surface area contributed by atoms with Crippen LogP contribution >= 0.6 is 0 Å². The Kier molecular flexibility index (Phi) is 5.47. The highest BCUT2D eigenvalue weighted by molar-refractivity contribution is 6.09. The summed E-state index contributed by atoms with van der Waals surface area (Å²) in [6, 6.07) is 49.5. The van der Waals surface area contributed by atoms with Crippen molar-refractivity contribution in [3.63, 3.8) is 0 Å². The first-order chi connectivity index (χ1) is 20.1. The predicted octanol–water partition coefficient (Wildman–Crippen LogP) is 10.8. The highest BCUT2D eigenvalue weighted by atomic mass is 15.0. The van der Waals surface area contributed by atoms with Gasteiger partial charge in [-0.3, -0.25) is 0 Å². The largest absolute Gasteiger partial charge is 0.309 e. The molecule has 1 aromatic heterocycles. The van der Waals surface area contributed by atoms with Crippen LogP contribution in [0.15, 0.2) is 133 Å². The minimum absolute atomic E-state index is 0.547. The first-order valence-electron chi connectivity index (χ1n) is 14.6. The fourth-order valence-electron chi connectivity index (χ4n) is 6.59. The van der Waals surface area contributed by atoms with Gasteiger partial charge >= 0.3 is 0 Å². The number of hydrogen-bond donors (Lipinski definition) is 0. The Morgan fingerprint density at radius 2 is 0.951 bits per heavy atom. The summed E-state index contributed by atoms with van der Waals surface area (Å²) >= 11 is 0. The van der Waals surface area contributed by atoms with Crippen LogP contribution < -0.4 is 0 Å². The summed E-state index contributed by atoms with van der Waals surface area (Å²) in [5.41, 5.74) is 15.7. The van der Waals surface area contributed by atoms with Crippen LogP contribution in [0.1, 0.15) is 36.5 Å². The lowest BCUT2D eigenvalue weighted by molar-refractivity contribution is 0.867. The van der Waals surface area contributed by atoms with Crippen LogP contribution in [0.25, 0.3) is 60.9 Å². The summed E-state index contributed by atoms with van der Waals surface area (Å²) in [6.07, 6.45) is 1.00. The summed E-state index contributed by atoms with van der Waals surface area (Å²) in [7, 11) is 0. The molecule has 0 fully saturated rings. The molecule has 0 radical (unpaired) electrons. The summed E-state index contributed by atoms with van der Waals surface area (Å²) in [4.78, 5) is 0. The first kappa shape index (κ1) is 24.0. The molecule has 1 nitrogen and oxygen atoms in total. The zero-order chi connectivity index (χ0) is 27.5. The molecule has 6 aromatic carbocycles. The molecule has 0 saturated heterocycles. The predicted molar refractivity (Wildman–Crippen MR) is 174 cm³/mol. The molecule has 0 aliphatic heterocycles. The Morgan fingerprint density at radius 1 is 0.488 bits per heavy atom. The third-order valence-electron chi connectivity index (χ3n) is 8.84. The van der Waals surface area contributed by atoms with E-state index in [0.29, 0.717) is 5.92 Å². The van der Waals surface area contributed by atoms with Gasteiger partial charge in [0.05, 0.1) is 11.0 Å². The average molecular weight is 526 g/mol. The molecule has 8 rings (SSSR count). The lowest BCUT2D eigenvalue weighted by Gasteiger charge is -2.11. The quantitative estimate of drug-likeness (QED) is 0.215. The van der Waals surface area contributed by atoms with Gasteiger partial charge in [0.25, 0.3) is 0 Å². The number of rotatable bonds is 4. The third kappa shape index (κ3) is 3.92. The molecule has 0 bridgehead atoms. The average Bonchev–Trinajstić information content (AvgIpc) is 3.56. The summed E-state index contributed by atoms with van der Waals surface area (Å²) in [6.45, 7) is 4.49. The summed E-state index contributed by atoms with van der Waals surface area (Å²) in [5, 5.41) is 2.58. The molecule has 0 atom stereocenters. The van der Waals surface area contributed by atoms with Crippen molar-refractivity contribution in [1.29, 1.82) is 0 Å². The van der Waals surface area contributed by atoms with Gasteiger partial charge in [-0.2, -0.15) is 0 Å². The Morgan fingerprint density at radius 3 is 1.46 bits per heavy atom. The van der Waals surface area contributed by atoms with E-state index in [9.17, 15) is 0 Å². The van der Waals surface area contributed by atoms with Gasteiger partial charge in [-0.25, -0.2) is 0 Å². The fourth-order valence-corrected chi connectivity index (χ4v) is 6.59. The second kappa shape index (κ2) is 9.35. The number of hydrogen-bond acceptors (Lipinski definition) is 0. The van der Waals surface area contributed by atoms with Crippen molar-refractivity contribution in [3.05, 3.63) is 150 Å². The maximum atomic E-state index is 2.39. The van der Waals surface area contributed by atoms with Crippen LogP contribution in [0, 0.1) is 0 Å². The van der Waals surface area contributed by atoms with E-state index in [2.05, 4.69) is 152 Å². The summed E-state index contributed by atoms with van der Waals surface area (Å²) in [5.74, 6) is 0.547. The van der Waals surface area contributed by atoms with Gasteiger partial charge in [0.2, 0.25) is 0 Å². The number of para-hydroxylation sites is 2. The van der Waals surface area contributed by atoms with Crippen LogP contribution in [0.3, 0.4) is 0 Å². The zero-order valence-electron chi connectivity index (χ0n) is 23.4. The molecule has 1 aliphatic rings. The van der Waals surface area contributed by atoms with Gasteiger partial charge < -0.3 is 4.57 Å². The van der Waals surface area contributed by atoms with E-state index in [0.717, 1.165) is 6.42 Å². The Bertz CT molecular complexity index is 2020. The number of aromatic nitrogens is 1. The van der Waals surface area contributed by atoms with Crippen LogP contribution in [0.2, 0.25) is 0 Å². The first-order valence-corrected chi connectivity index (χ1v) is 14.6. The van der Waals surface area contributed by atoms with Crippen molar-refractivity contribution < 1.29 is 0 Å². The minimum Gasteiger partial charge on any atom is -0.309 e. The van der Waals surface area contributed by atoms with Gasteiger partial charge in [-0.15, -0.1) is 0 Å². The monoisotopic (exact) mass is 525 g/mol. The molecule has 0 saturated carbocycles. The molecule has 41 heavy (non-hydrogen) atoms. The van der Waals surface area contributed by atoms with Crippen LogP contribution in [-0.2, 0) is 6.42 Å². The van der Waals surface area contributed by atoms with Crippen LogP contribution in [0.5, 0.6) is 0 Å². The molecule has 0 amide bonds. The molecule has 1 heterocycles. The number of benzene rings is 6. The van der Waals surface area contributed by atoms with Gasteiger partial charge in [0.1, 0.15) is 0 Å². The van der Waals surface area contributed by atoms with Crippen molar-refractivity contribution >= 4 is 21.8 Å². The molecule has 0 spiro atoms. The Hall–Kier alpha value is -4.88. The van der Waals surface area contributed by atoms with Gasteiger partial charge in [-0.1, -0.05) is 111 Å². The molecule has 1 heteroatoms. The lowest BCUT2D eigenvalue weighted by atomic mass is 9.95. The SMILES string of the molecule is CC(C)c1ccc(-c2ccc3c(c2)-c2cc(-c4ccc(-n5c6ccccc6c6ccccc65)cc4)ccc2C3)cc1. The van der Waals surface area contributed by atoms with E-state index < -0.39 is 0 Å². The zero-order valence-corrected chi connectivity index (χ0v) is 23.4. The third-order valence-corrected chi connectivity index (χ3v) is 8.84. The minimum atomic E-state index is 0.547. The highest BCUT2D eigenvalue weighted by Gasteiger charge is 2.20. The van der Waals surface area contributed by atoms with Gasteiger partial charge in [-0.05, 0) is 98.8 Å². The molecular weight excluding hydrogens is 494 g/mol. The van der Waals surface area contributed by atoms with Crippen LogP contribution in [0.4, 0.5) is 0 Å². The second-order valence-electron chi connectivity index (χ2n) is 11.6. The van der Waals surface area contributed by atoms with Crippen molar-refractivity contribution in [2.24, 2.45) is 0 Å². The highest BCUT2D eigenvalue weighted by Crippen LogP contribution is 2.41. The van der Waals surface area contributed by atoms with E-state index in [4.69, 9.17) is 0 Å². The molecule has 196 valence electrons. The van der Waals surface area contributed by atoms with E-state index in [-0.39, 0.29) is 0 Å². The van der Waals surface area contributed by atoms with Gasteiger partial charge in [0, 0.05) is 16.5 Å². The van der Waals surface area contributed by atoms with Gasteiger partial charge in [0.15, 0.2) is 0 Å². The lowest BCUT2D eigenvalue weighted by Crippen LogP contribution is -1.93. The van der Waals surface area contributed by atoms with Crippen molar-refractivity contribution in [3.8, 4) is 39.1 Å². The molecule has 0 N–H and O–H groups in total. The number of fused-ring (bicyclic) bond motifs is 6. The molecular formula is C40H31N.